The first-order valence-corrected chi connectivity index (χ1v) is 4.39. The van der Waals surface area contributed by atoms with Crippen molar-refractivity contribution in [3.63, 3.8) is 0 Å². The molecule has 1 aromatic carbocycles. The van der Waals surface area contributed by atoms with Gasteiger partial charge < -0.3 is 0 Å². The van der Waals surface area contributed by atoms with Crippen molar-refractivity contribution in [3.8, 4) is 0 Å². The highest BCUT2D eigenvalue weighted by Crippen LogP contribution is 2.20. The Labute approximate surface area is 74.0 Å². The molecule has 0 nitrogen and oxygen atoms in total. The van der Waals surface area contributed by atoms with Gasteiger partial charge >= 0.3 is 0 Å². The summed E-state index contributed by atoms with van der Waals surface area (Å²) in [6.07, 6.45) is 1.11. The Kier molecular flexibility index (Phi) is 2.61. The van der Waals surface area contributed by atoms with Crippen LogP contribution in [0.1, 0.15) is 23.6 Å². The second kappa shape index (κ2) is 3.31. The first-order valence-electron chi connectivity index (χ1n) is 3.94. The van der Waals surface area contributed by atoms with E-state index in [4.69, 9.17) is 0 Å². The SMILES string of the molecule is CCc1ccc(S)c(C)c1C. The summed E-state index contributed by atoms with van der Waals surface area (Å²) >= 11 is 4.35. The molecule has 0 spiro atoms. The molecule has 0 heterocycles. The molecule has 1 heteroatoms. The number of aryl methyl sites for hydroxylation is 1. The number of hydrogen-bond acceptors (Lipinski definition) is 1. The third-order valence-electron chi connectivity index (χ3n) is 2.25. The first-order chi connectivity index (χ1) is 5.16. The number of rotatable bonds is 1. The molecule has 0 aliphatic heterocycles. The fraction of sp³-hybridized carbons (Fsp3) is 0.400. The summed E-state index contributed by atoms with van der Waals surface area (Å²) in [6, 6.07) is 4.23. The van der Waals surface area contributed by atoms with Crippen LogP contribution in [0.4, 0.5) is 0 Å². The number of hydrogen-bond donors (Lipinski definition) is 1. The van der Waals surface area contributed by atoms with E-state index in [9.17, 15) is 0 Å². The zero-order valence-corrected chi connectivity index (χ0v) is 8.20. The molecule has 1 aromatic rings. The maximum atomic E-state index is 4.35. The maximum absolute atomic E-state index is 4.35. The monoisotopic (exact) mass is 166 g/mol. The van der Waals surface area contributed by atoms with Crippen molar-refractivity contribution >= 4 is 12.6 Å². The minimum absolute atomic E-state index is 1.10. The van der Waals surface area contributed by atoms with Gasteiger partial charge in [-0.2, -0.15) is 0 Å². The van der Waals surface area contributed by atoms with Gasteiger partial charge in [0.2, 0.25) is 0 Å². The topological polar surface area (TPSA) is 0 Å². The molecule has 0 saturated heterocycles. The zero-order chi connectivity index (χ0) is 8.43. The van der Waals surface area contributed by atoms with E-state index in [0.29, 0.717) is 0 Å². The summed E-state index contributed by atoms with van der Waals surface area (Å²) in [6.45, 7) is 6.46. The molecule has 0 aromatic heterocycles. The van der Waals surface area contributed by atoms with Crippen LogP contribution in [0.25, 0.3) is 0 Å². The molecule has 60 valence electrons. The molecule has 0 aliphatic rings. The minimum Gasteiger partial charge on any atom is -0.143 e. The summed E-state index contributed by atoms with van der Waals surface area (Å²) in [7, 11) is 0. The molecular formula is C10H14S. The highest BCUT2D eigenvalue weighted by atomic mass is 32.1. The van der Waals surface area contributed by atoms with Gasteiger partial charge in [0, 0.05) is 4.90 Å². The Morgan fingerprint density at radius 1 is 1.18 bits per heavy atom. The van der Waals surface area contributed by atoms with Crippen LogP contribution in [0.2, 0.25) is 0 Å². The molecule has 0 amide bonds. The van der Waals surface area contributed by atoms with Crippen LogP contribution in [0, 0.1) is 13.8 Å². The van der Waals surface area contributed by atoms with Crippen molar-refractivity contribution < 1.29 is 0 Å². The van der Waals surface area contributed by atoms with Crippen molar-refractivity contribution in [2.75, 3.05) is 0 Å². The van der Waals surface area contributed by atoms with Crippen LogP contribution in [-0.4, -0.2) is 0 Å². The van der Waals surface area contributed by atoms with Gasteiger partial charge in [-0.15, -0.1) is 12.6 Å². The van der Waals surface area contributed by atoms with Crippen molar-refractivity contribution in [2.24, 2.45) is 0 Å². The molecule has 1 rings (SSSR count). The largest absolute Gasteiger partial charge is 0.143 e. The van der Waals surface area contributed by atoms with Crippen LogP contribution in [0.15, 0.2) is 17.0 Å². The quantitative estimate of drug-likeness (QED) is 0.609. The molecule has 0 N–H and O–H groups in total. The summed E-state index contributed by atoms with van der Waals surface area (Å²) in [5, 5.41) is 0. The van der Waals surface area contributed by atoms with Gasteiger partial charge in [0.25, 0.3) is 0 Å². The van der Waals surface area contributed by atoms with Crippen LogP contribution in [-0.2, 0) is 6.42 Å². The van der Waals surface area contributed by atoms with Crippen LogP contribution >= 0.6 is 12.6 Å². The highest BCUT2D eigenvalue weighted by Gasteiger charge is 2.00. The predicted octanol–water partition coefficient (Wildman–Crippen LogP) is 3.15. The Morgan fingerprint density at radius 3 is 2.36 bits per heavy atom. The molecule has 0 saturated carbocycles. The third-order valence-corrected chi connectivity index (χ3v) is 2.74. The Bertz CT molecular complexity index is 264. The van der Waals surface area contributed by atoms with Gasteiger partial charge in [0.05, 0.1) is 0 Å². The van der Waals surface area contributed by atoms with Crippen molar-refractivity contribution in [1.82, 2.24) is 0 Å². The van der Waals surface area contributed by atoms with Gasteiger partial charge in [-0.25, -0.2) is 0 Å². The molecule has 0 bridgehead atoms. The lowest BCUT2D eigenvalue weighted by atomic mass is 10.0. The average Bonchev–Trinajstić information content (AvgIpc) is 2.01. The van der Waals surface area contributed by atoms with Gasteiger partial charge in [-0.1, -0.05) is 13.0 Å². The van der Waals surface area contributed by atoms with Gasteiger partial charge in [-0.05, 0) is 43.0 Å². The van der Waals surface area contributed by atoms with E-state index in [1.165, 1.54) is 16.7 Å². The molecule has 0 radical (unpaired) electrons. The van der Waals surface area contributed by atoms with Crippen LogP contribution in [0.5, 0.6) is 0 Å². The molecule has 0 atom stereocenters. The average molecular weight is 166 g/mol. The van der Waals surface area contributed by atoms with Crippen molar-refractivity contribution in [1.29, 1.82) is 0 Å². The lowest BCUT2D eigenvalue weighted by molar-refractivity contribution is 1.07. The first kappa shape index (κ1) is 8.66. The fourth-order valence-corrected chi connectivity index (χ4v) is 1.49. The zero-order valence-electron chi connectivity index (χ0n) is 7.31. The fourth-order valence-electron chi connectivity index (χ4n) is 1.25. The lowest BCUT2D eigenvalue weighted by Gasteiger charge is -2.07. The highest BCUT2D eigenvalue weighted by molar-refractivity contribution is 7.80. The second-order valence-corrected chi connectivity index (χ2v) is 3.33. The number of thiol groups is 1. The number of benzene rings is 1. The van der Waals surface area contributed by atoms with Crippen LogP contribution in [0.3, 0.4) is 0 Å². The van der Waals surface area contributed by atoms with E-state index in [-0.39, 0.29) is 0 Å². The van der Waals surface area contributed by atoms with E-state index < -0.39 is 0 Å². The van der Waals surface area contributed by atoms with E-state index in [1.54, 1.807) is 0 Å². The molecule has 0 aliphatic carbocycles. The Balaban J connectivity index is 3.25. The van der Waals surface area contributed by atoms with E-state index in [2.05, 4.69) is 45.5 Å². The summed E-state index contributed by atoms with van der Waals surface area (Å²) in [5.41, 5.74) is 4.13. The molecule has 0 unspecified atom stereocenters. The van der Waals surface area contributed by atoms with Gasteiger partial charge in [0.15, 0.2) is 0 Å². The van der Waals surface area contributed by atoms with E-state index >= 15 is 0 Å². The summed E-state index contributed by atoms with van der Waals surface area (Å²) in [4.78, 5) is 1.10. The van der Waals surface area contributed by atoms with Crippen LogP contribution < -0.4 is 0 Å². The Morgan fingerprint density at radius 2 is 1.82 bits per heavy atom. The van der Waals surface area contributed by atoms with Crippen molar-refractivity contribution in [2.45, 2.75) is 32.1 Å². The minimum atomic E-state index is 1.10. The van der Waals surface area contributed by atoms with E-state index in [1.807, 2.05) is 0 Å². The lowest BCUT2D eigenvalue weighted by Crippen LogP contribution is -1.90. The molecule has 11 heavy (non-hydrogen) atoms. The predicted molar refractivity (Wildman–Crippen MR) is 52.5 cm³/mol. The third kappa shape index (κ3) is 1.59. The Hall–Kier alpha value is -0.430. The van der Waals surface area contributed by atoms with Gasteiger partial charge in [-0.3, -0.25) is 0 Å². The summed E-state index contributed by atoms with van der Waals surface area (Å²) < 4.78 is 0. The van der Waals surface area contributed by atoms with E-state index in [0.717, 1.165) is 11.3 Å². The second-order valence-electron chi connectivity index (χ2n) is 2.85. The summed E-state index contributed by atoms with van der Waals surface area (Å²) in [5.74, 6) is 0. The smallest absolute Gasteiger partial charge is 0.00720 e. The van der Waals surface area contributed by atoms with Crippen molar-refractivity contribution in [3.05, 3.63) is 28.8 Å². The standard InChI is InChI=1S/C10H14S/c1-4-9-5-6-10(11)8(3)7(9)2/h5-6,11H,4H2,1-3H3. The molecular weight excluding hydrogens is 152 g/mol. The maximum Gasteiger partial charge on any atom is 0.00720 e. The normalized spacial score (nSPS) is 10.2. The van der Waals surface area contributed by atoms with Gasteiger partial charge in [0.1, 0.15) is 0 Å². The molecule has 0 fully saturated rings.